The Morgan fingerprint density at radius 3 is 3.00 bits per heavy atom. The number of carbonyl (C=O) groups is 1. The largest absolute Gasteiger partial charge is 0.465 e. The summed E-state index contributed by atoms with van der Waals surface area (Å²) in [4.78, 5) is 22.2. The van der Waals surface area contributed by atoms with E-state index in [0.717, 1.165) is 15.8 Å². The molecule has 25 heavy (non-hydrogen) atoms. The van der Waals surface area contributed by atoms with E-state index in [4.69, 9.17) is 16.3 Å². The van der Waals surface area contributed by atoms with E-state index in [-0.39, 0.29) is 5.97 Å². The van der Waals surface area contributed by atoms with Crippen LogP contribution in [0.2, 0.25) is 5.02 Å². The number of halogens is 1. The van der Waals surface area contributed by atoms with Crippen LogP contribution < -0.4 is 0 Å². The Hall–Kier alpha value is -2.52. The average Bonchev–Trinajstić information content (AvgIpc) is 3.29. The van der Waals surface area contributed by atoms with Crippen molar-refractivity contribution in [3.8, 4) is 0 Å². The lowest BCUT2D eigenvalue weighted by Crippen LogP contribution is -2.02. The third-order valence-electron chi connectivity index (χ3n) is 3.85. The second kappa shape index (κ2) is 6.08. The van der Waals surface area contributed by atoms with Gasteiger partial charge in [0.2, 0.25) is 0 Å². The summed E-state index contributed by atoms with van der Waals surface area (Å²) in [5.74, 6) is 0.306. The highest BCUT2D eigenvalue weighted by atomic mass is 35.5. The minimum atomic E-state index is -0.367. The van der Waals surface area contributed by atoms with Gasteiger partial charge in [-0.3, -0.25) is 4.68 Å². The number of carbonyl (C=O) groups excluding carboxylic acids is 1. The number of methoxy groups -OCH3 is 1. The third-order valence-corrected chi connectivity index (χ3v) is 5.22. The summed E-state index contributed by atoms with van der Waals surface area (Å²) < 4.78 is 8.21. The number of rotatable bonds is 4. The molecule has 4 aromatic rings. The van der Waals surface area contributed by atoms with Gasteiger partial charge >= 0.3 is 5.97 Å². The number of nitrogens with zero attached hydrogens (tertiary/aromatic N) is 6. The molecule has 4 aromatic heterocycles. The lowest BCUT2D eigenvalue weighted by molar-refractivity contribution is 0.0605. The first kappa shape index (κ1) is 16.0. The van der Waals surface area contributed by atoms with Crippen molar-refractivity contribution >= 4 is 44.8 Å². The molecule has 128 valence electrons. The monoisotopic (exact) mass is 376 g/mol. The average molecular weight is 377 g/mol. The molecule has 0 aliphatic rings. The van der Waals surface area contributed by atoms with E-state index in [2.05, 4.69) is 20.2 Å². The van der Waals surface area contributed by atoms with Crippen molar-refractivity contribution in [1.82, 2.24) is 29.4 Å². The molecule has 0 N–H and O–H groups in total. The van der Waals surface area contributed by atoms with E-state index in [1.807, 2.05) is 6.92 Å². The smallest absolute Gasteiger partial charge is 0.348 e. The molecule has 0 fully saturated rings. The van der Waals surface area contributed by atoms with Crippen LogP contribution in [0.15, 0.2) is 18.7 Å². The van der Waals surface area contributed by atoms with Gasteiger partial charge < -0.3 is 4.74 Å². The van der Waals surface area contributed by atoms with Crippen LogP contribution in [0.3, 0.4) is 0 Å². The zero-order valence-corrected chi connectivity index (χ0v) is 15.0. The van der Waals surface area contributed by atoms with Gasteiger partial charge in [0, 0.05) is 19.2 Å². The number of hydrogen-bond donors (Lipinski definition) is 0. The summed E-state index contributed by atoms with van der Waals surface area (Å²) in [6.07, 6.45) is 5.56. The van der Waals surface area contributed by atoms with Crippen LogP contribution in [0, 0.1) is 6.92 Å². The maximum Gasteiger partial charge on any atom is 0.348 e. The van der Waals surface area contributed by atoms with Gasteiger partial charge in [-0.1, -0.05) is 11.6 Å². The highest BCUT2D eigenvalue weighted by molar-refractivity contribution is 7.20. The van der Waals surface area contributed by atoms with E-state index in [1.54, 1.807) is 27.9 Å². The lowest BCUT2D eigenvalue weighted by Gasteiger charge is -1.96. The Kier molecular flexibility index (Phi) is 3.89. The lowest BCUT2D eigenvalue weighted by atomic mass is 10.2. The molecule has 4 rings (SSSR count). The number of hydrogen-bond acceptors (Lipinski definition) is 7. The minimum Gasteiger partial charge on any atom is -0.465 e. The van der Waals surface area contributed by atoms with Gasteiger partial charge in [-0.15, -0.1) is 16.4 Å². The summed E-state index contributed by atoms with van der Waals surface area (Å²) >= 11 is 7.16. The Morgan fingerprint density at radius 1 is 1.44 bits per heavy atom. The van der Waals surface area contributed by atoms with E-state index in [1.165, 1.54) is 18.4 Å². The molecule has 0 bridgehead atoms. The molecule has 0 aromatic carbocycles. The maximum absolute atomic E-state index is 11.9. The number of fused-ring (bicyclic) bond motifs is 3. The third kappa shape index (κ3) is 2.75. The fourth-order valence-corrected chi connectivity index (χ4v) is 3.86. The molecule has 0 saturated carbocycles. The second-order valence-electron chi connectivity index (χ2n) is 5.44. The molecule has 0 aliphatic heterocycles. The zero-order chi connectivity index (χ0) is 17.6. The van der Waals surface area contributed by atoms with E-state index in [0.29, 0.717) is 34.3 Å². The molecule has 0 saturated heterocycles. The van der Waals surface area contributed by atoms with E-state index in [9.17, 15) is 4.79 Å². The van der Waals surface area contributed by atoms with Crippen LogP contribution >= 0.6 is 22.9 Å². The Balaban J connectivity index is 1.73. The summed E-state index contributed by atoms with van der Waals surface area (Å²) in [5, 5.41) is 10.0. The summed E-state index contributed by atoms with van der Waals surface area (Å²) in [6, 6.07) is 0. The quantitative estimate of drug-likeness (QED) is 0.508. The molecule has 0 radical (unpaired) electrons. The van der Waals surface area contributed by atoms with Gasteiger partial charge in [0.15, 0.2) is 11.5 Å². The van der Waals surface area contributed by atoms with Crippen LogP contribution in [0.4, 0.5) is 0 Å². The number of thiophene rings is 1. The highest BCUT2D eigenvalue weighted by Gasteiger charge is 2.20. The Morgan fingerprint density at radius 2 is 2.28 bits per heavy atom. The molecule has 0 atom stereocenters. The molecular formula is C15H13ClN6O2S. The standard InChI is InChI=1S/C15H13ClN6O2S/c1-8-11-13-19-10(3-4-21-6-9(16)5-18-21)20-22(13)7-17-14(11)25-12(8)15(23)24-2/h5-7H,3-4H2,1-2H3. The first-order valence-corrected chi connectivity index (χ1v) is 8.66. The highest BCUT2D eigenvalue weighted by Crippen LogP contribution is 2.32. The van der Waals surface area contributed by atoms with Crippen LogP contribution in [-0.4, -0.2) is 42.4 Å². The van der Waals surface area contributed by atoms with Crippen molar-refractivity contribution in [2.45, 2.75) is 19.9 Å². The zero-order valence-electron chi connectivity index (χ0n) is 13.4. The number of esters is 1. The van der Waals surface area contributed by atoms with Crippen molar-refractivity contribution in [2.75, 3.05) is 7.11 Å². The van der Waals surface area contributed by atoms with Gasteiger partial charge in [0.1, 0.15) is 16.0 Å². The summed E-state index contributed by atoms with van der Waals surface area (Å²) in [5.41, 5.74) is 1.49. The van der Waals surface area contributed by atoms with Crippen molar-refractivity contribution in [1.29, 1.82) is 0 Å². The SMILES string of the molecule is COC(=O)c1sc2ncn3nc(CCn4cc(Cl)cn4)nc3c2c1C. The maximum atomic E-state index is 11.9. The Bertz CT molecular complexity index is 1100. The molecule has 0 amide bonds. The summed E-state index contributed by atoms with van der Waals surface area (Å²) in [6.45, 7) is 2.49. The van der Waals surface area contributed by atoms with Crippen LogP contribution in [0.5, 0.6) is 0 Å². The summed E-state index contributed by atoms with van der Waals surface area (Å²) in [7, 11) is 1.37. The predicted molar refractivity (Wildman–Crippen MR) is 93.2 cm³/mol. The fraction of sp³-hybridized carbons (Fsp3) is 0.267. The van der Waals surface area contributed by atoms with Crippen LogP contribution in [0.25, 0.3) is 15.9 Å². The van der Waals surface area contributed by atoms with Gasteiger partial charge in [0.25, 0.3) is 0 Å². The van der Waals surface area contributed by atoms with Gasteiger partial charge in [-0.25, -0.2) is 19.3 Å². The van der Waals surface area contributed by atoms with Gasteiger partial charge in [-0.2, -0.15) is 5.10 Å². The van der Waals surface area contributed by atoms with Gasteiger partial charge in [0.05, 0.1) is 23.7 Å². The predicted octanol–water partition coefficient (Wildman–Crippen LogP) is 2.53. The fourth-order valence-electron chi connectivity index (χ4n) is 2.65. The van der Waals surface area contributed by atoms with E-state index >= 15 is 0 Å². The Labute approximate surface area is 151 Å². The normalized spacial score (nSPS) is 11.5. The molecule has 0 aliphatic carbocycles. The first-order valence-electron chi connectivity index (χ1n) is 7.46. The second-order valence-corrected chi connectivity index (χ2v) is 6.88. The molecule has 4 heterocycles. The molecule has 10 heteroatoms. The van der Waals surface area contributed by atoms with Crippen molar-refractivity contribution in [3.05, 3.63) is 40.0 Å². The van der Waals surface area contributed by atoms with Crippen molar-refractivity contribution in [3.63, 3.8) is 0 Å². The van der Waals surface area contributed by atoms with Gasteiger partial charge in [-0.05, 0) is 12.5 Å². The molecule has 0 unspecified atom stereocenters. The number of aromatic nitrogens is 6. The molecular weight excluding hydrogens is 364 g/mol. The first-order chi connectivity index (χ1) is 12.1. The van der Waals surface area contributed by atoms with E-state index < -0.39 is 0 Å². The number of ether oxygens (including phenoxy) is 1. The van der Waals surface area contributed by atoms with Crippen LogP contribution in [0.1, 0.15) is 21.1 Å². The minimum absolute atomic E-state index is 0.367. The molecule has 0 spiro atoms. The number of aryl methyl sites for hydroxylation is 3. The van der Waals surface area contributed by atoms with Crippen molar-refractivity contribution in [2.24, 2.45) is 0 Å². The topological polar surface area (TPSA) is 87.2 Å². The van der Waals surface area contributed by atoms with Crippen molar-refractivity contribution < 1.29 is 9.53 Å². The van der Waals surface area contributed by atoms with Crippen LogP contribution in [-0.2, 0) is 17.7 Å². The molecule has 8 nitrogen and oxygen atoms in total.